The second kappa shape index (κ2) is 5.77. The van der Waals surface area contributed by atoms with E-state index in [0.717, 1.165) is 31.3 Å². The quantitative estimate of drug-likeness (QED) is 0.446. The molecule has 3 rings (SSSR count). The summed E-state index contributed by atoms with van der Waals surface area (Å²) < 4.78 is 6.37. The Morgan fingerprint density at radius 2 is 1.86 bits per heavy atom. The van der Waals surface area contributed by atoms with Gasteiger partial charge in [0.05, 0.1) is 21.9 Å². The number of methoxy groups -OCH3 is 1. The number of benzene rings is 2. The summed E-state index contributed by atoms with van der Waals surface area (Å²) in [5, 5.41) is 2.63. The molecule has 3 nitrogen and oxygen atoms in total. The number of fused-ring (bicyclic) bond motifs is 1. The minimum absolute atomic E-state index is 0.466. The molecule has 0 saturated carbocycles. The van der Waals surface area contributed by atoms with Crippen LogP contribution < -0.4 is 4.74 Å². The first-order valence-corrected chi connectivity index (χ1v) is 7.83. The molecular formula is C16H12ClIN2O. The first-order valence-electron chi connectivity index (χ1n) is 6.37. The summed E-state index contributed by atoms with van der Waals surface area (Å²) in [5.41, 5.74) is 1.73. The van der Waals surface area contributed by atoms with Gasteiger partial charge in [0.1, 0.15) is 10.9 Å². The molecule has 3 aromatic rings. The molecule has 1 heterocycles. The maximum atomic E-state index is 6.22. The van der Waals surface area contributed by atoms with E-state index in [0.29, 0.717) is 11.0 Å². The van der Waals surface area contributed by atoms with Gasteiger partial charge in [-0.25, -0.2) is 9.97 Å². The molecule has 0 spiro atoms. The maximum Gasteiger partial charge on any atom is 0.165 e. The van der Waals surface area contributed by atoms with Crippen LogP contribution >= 0.6 is 34.2 Å². The third-order valence-corrected chi connectivity index (χ3v) is 5.19. The standard InChI is InChI=1S/C16H12ClIN2O/c1-9-14(18)15(17)20-16(19-9)13-11-6-4-3-5-10(11)7-8-12(13)21-2/h3-8H,1-2H3. The fourth-order valence-electron chi connectivity index (χ4n) is 2.29. The van der Waals surface area contributed by atoms with Gasteiger partial charge in [0.2, 0.25) is 0 Å². The lowest BCUT2D eigenvalue weighted by Gasteiger charge is -2.12. The Bertz CT molecular complexity index is 813. The molecule has 0 saturated heterocycles. The summed E-state index contributed by atoms with van der Waals surface area (Å²) in [5.74, 6) is 1.33. The van der Waals surface area contributed by atoms with E-state index < -0.39 is 0 Å². The minimum atomic E-state index is 0.466. The Balaban J connectivity index is 2.38. The van der Waals surface area contributed by atoms with Gasteiger partial charge < -0.3 is 4.74 Å². The summed E-state index contributed by atoms with van der Waals surface area (Å²) in [6.07, 6.45) is 0. The van der Waals surface area contributed by atoms with Crippen molar-refractivity contribution in [1.29, 1.82) is 0 Å². The van der Waals surface area contributed by atoms with Crippen LogP contribution in [0.15, 0.2) is 36.4 Å². The number of hydrogen-bond acceptors (Lipinski definition) is 3. The fourth-order valence-corrected chi connectivity index (χ4v) is 2.75. The van der Waals surface area contributed by atoms with E-state index in [9.17, 15) is 0 Å². The van der Waals surface area contributed by atoms with Gasteiger partial charge in [0, 0.05) is 0 Å². The van der Waals surface area contributed by atoms with E-state index >= 15 is 0 Å². The molecule has 0 bridgehead atoms. The van der Waals surface area contributed by atoms with Crippen LogP contribution in [-0.2, 0) is 0 Å². The lowest BCUT2D eigenvalue weighted by atomic mass is 10.0. The molecular weight excluding hydrogens is 399 g/mol. The van der Waals surface area contributed by atoms with Gasteiger partial charge in [0.15, 0.2) is 5.82 Å². The molecule has 0 aliphatic carbocycles. The summed E-state index contributed by atoms with van der Waals surface area (Å²) in [7, 11) is 1.65. The molecule has 0 radical (unpaired) electrons. The van der Waals surface area contributed by atoms with Crippen LogP contribution in [0.5, 0.6) is 5.75 Å². The Morgan fingerprint density at radius 1 is 1.10 bits per heavy atom. The largest absolute Gasteiger partial charge is 0.496 e. The highest BCUT2D eigenvalue weighted by Gasteiger charge is 2.16. The molecule has 0 aliphatic heterocycles. The van der Waals surface area contributed by atoms with Gasteiger partial charge in [-0.2, -0.15) is 0 Å². The predicted molar refractivity (Wildman–Crippen MR) is 94.0 cm³/mol. The highest BCUT2D eigenvalue weighted by atomic mass is 127. The van der Waals surface area contributed by atoms with Crippen molar-refractivity contribution in [3.63, 3.8) is 0 Å². The molecule has 21 heavy (non-hydrogen) atoms. The normalized spacial score (nSPS) is 10.9. The summed E-state index contributed by atoms with van der Waals surface area (Å²) in [6, 6.07) is 12.1. The van der Waals surface area contributed by atoms with Gasteiger partial charge in [-0.3, -0.25) is 0 Å². The number of ether oxygens (including phenoxy) is 1. The van der Waals surface area contributed by atoms with Crippen LogP contribution in [0.4, 0.5) is 0 Å². The van der Waals surface area contributed by atoms with E-state index in [4.69, 9.17) is 16.3 Å². The highest BCUT2D eigenvalue weighted by Crippen LogP contribution is 2.36. The molecule has 0 aliphatic rings. The Hall–Kier alpha value is -1.40. The van der Waals surface area contributed by atoms with Crippen molar-refractivity contribution in [1.82, 2.24) is 9.97 Å². The van der Waals surface area contributed by atoms with Crippen molar-refractivity contribution < 1.29 is 4.74 Å². The van der Waals surface area contributed by atoms with Crippen molar-refractivity contribution in [3.05, 3.63) is 50.8 Å². The molecule has 0 atom stereocenters. The number of rotatable bonds is 2. The molecule has 0 amide bonds. The van der Waals surface area contributed by atoms with Crippen LogP contribution in [0.1, 0.15) is 5.69 Å². The molecule has 0 fully saturated rings. The zero-order valence-corrected chi connectivity index (χ0v) is 14.4. The second-order valence-corrected chi connectivity index (χ2v) is 6.04. The lowest BCUT2D eigenvalue weighted by molar-refractivity contribution is 0.416. The minimum Gasteiger partial charge on any atom is -0.496 e. The van der Waals surface area contributed by atoms with E-state index in [-0.39, 0.29) is 0 Å². The fraction of sp³-hybridized carbons (Fsp3) is 0.125. The van der Waals surface area contributed by atoms with Gasteiger partial charge >= 0.3 is 0 Å². The average Bonchev–Trinajstić information content (AvgIpc) is 2.51. The summed E-state index contributed by atoms with van der Waals surface area (Å²) in [4.78, 5) is 9.01. The van der Waals surface area contributed by atoms with Gasteiger partial charge in [0.25, 0.3) is 0 Å². The van der Waals surface area contributed by atoms with Gasteiger partial charge in [-0.15, -0.1) is 0 Å². The molecule has 1 aromatic heterocycles. The predicted octanol–water partition coefficient (Wildman–Crippen LogP) is 4.87. The molecule has 0 N–H and O–H groups in total. The number of hydrogen-bond donors (Lipinski definition) is 0. The monoisotopic (exact) mass is 410 g/mol. The Morgan fingerprint density at radius 3 is 2.57 bits per heavy atom. The Kier molecular flexibility index (Phi) is 3.99. The van der Waals surface area contributed by atoms with Crippen molar-refractivity contribution in [2.45, 2.75) is 6.92 Å². The molecule has 2 aromatic carbocycles. The summed E-state index contributed by atoms with van der Waals surface area (Å²) >= 11 is 8.37. The highest BCUT2D eigenvalue weighted by molar-refractivity contribution is 14.1. The van der Waals surface area contributed by atoms with E-state index in [1.165, 1.54) is 0 Å². The molecule has 0 unspecified atom stereocenters. The SMILES string of the molecule is COc1ccc2ccccc2c1-c1nc(C)c(I)c(Cl)n1. The number of halogens is 2. The third kappa shape index (κ3) is 2.58. The first kappa shape index (κ1) is 14.5. The van der Waals surface area contributed by atoms with Gasteiger partial charge in [-0.1, -0.05) is 41.9 Å². The summed E-state index contributed by atoms with van der Waals surface area (Å²) in [6.45, 7) is 1.93. The van der Waals surface area contributed by atoms with E-state index in [1.807, 2.05) is 37.3 Å². The third-order valence-electron chi connectivity index (χ3n) is 3.31. The first-order chi connectivity index (χ1) is 10.1. The van der Waals surface area contributed by atoms with Crippen molar-refractivity contribution in [2.75, 3.05) is 7.11 Å². The van der Waals surface area contributed by atoms with Crippen LogP contribution in [0.25, 0.3) is 22.2 Å². The van der Waals surface area contributed by atoms with Crippen LogP contribution in [0.3, 0.4) is 0 Å². The maximum absolute atomic E-state index is 6.22. The number of aromatic nitrogens is 2. The van der Waals surface area contributed by atoms with Crippen molar-refractivity contribution >= 4 is 45.0 Å². The zero-order chi connectivity index (χ0) is 15.0. The number of nitrogens with zero attached hydrogens (tertiary/aromatic N) is 2. The van der Waals surface area contributed by atoms with E-state index in [1.54, 1.807) is 7.11 Å². The second-order valence-electron chi connectivity index (χ2n) is 4.60. The molecule has 5 heteroatoms. The number of aryl methyl sites for hydroxylation is 1. The average molecular weight is 411 g/mol. The van der Waals surface area contributed by atoms with Crippen LogP contribution in [0, 0.1) is 10.5 Å². The van der Waals surface area contributed by atoms with Crippen molar-refractivity contribution in [2.24, 2.45) is 0 Å². The van der Waals surface area contributed by atoms with Crippen molar-refractivity contribution in [3.8, 4) is 17.1 Å². The van der Waals surface area contributed by atoms with E-state index in [2.05, 4.69) is 38.6 Å². The molecule has 106 valence electrons. The topological polar surface area (TPSA) is 35.0 Å². The van der Waals surface area contributed by atoms with Gasteiger partial charge in [-0.05, 0) is 46.4 Å². The van der Waals surface area contributed by atoms with Crippen LogP contribution in [-0.4, -0.2) is 17.1 Å². The zero-order valence-electron chi connectivity index (χ0n) is 11.5. The lowest BCUT2D eigenvalue weighted by Crippen LogP contribution is -1.99. The van der Waals surface area contributed by atoms with Crippen LogP contribution in [0.2, 0.25) is 5.15 Å². The Labute approximate surface area is 141 Å². The smallest absolute Gasteiger partial charge is 0.165 e.